The monoisotopic (exact) mass is 480 g/mol. The summed E-state index contributed by atoms with van der Waals surface area (Å²) in [5.41, 5.74) is 6.59. The molecular formula is C22H24N8O5. The number of aliphatic carboxylic acids is 1. The quantitative estimate of drug-likeness (QED) is 0.205. The van der Waals surface area contributed by atoms with Crippen molar-refractivity contribution in [3.05, 3.63) is 64.7 Å². The van der Waals surface area contributed by atoms with Crippen LogP contribution in [0.3, 0.4) is 0 Å². The first-order valence-corrected chi connectivity index (χ1v) is 10.5. The van der Waals surface area contributed by atoms with Gasteiger partial charge in [0.1, 0.15) is 6.04 Å². The molecule has 2 aromatic heterocycles. The van der Waals surface area contributed by atoms with E-state index in [0.29, 0.717) is 11.4 Å². The number of nitrogens with zero attached hydrogens (tertiary/aromatic N) is 3. The van der Waals surface area contributed by atoms with Crippen molar-refractivity contribution in [2.75, 3.05) is 17.6 Å². The lowest BCUT2D eigenvalue weighted by molar-refractivity contribution is -0.139. The number of carboxylic acids is 1. The summed E-state index contributed by atoms with van der Waals surface area (Å²) >= 11 is 0. The molecule has 2 amide bonds. The number of H-pyrrole nitrogens is 1. The number of hydrogen-bond acceptors (Lipinski definition) is 9. The number of nitrogens with two attached hydrogens (primary N) is 1. The van der Waals surface area contributed by atoms with Gasteiger partial charge >= 0.3 is 5.97 Å². The van der Waals surface area contributed by atoms with E-state index in [2.05, 4.69) is 42.5 Å². The largest absolute Gasteiger partial charge is 0.480 e. The number of aromatic amines is 1. The van der Waals surface area contributed by atoms with Crippen molar-refractivity contribution in [3.63, 3.8) is 0 Å². The van der Waals surface area contributed by atoms with Crippen molar-refractivity contribution in [2.24, 2.45) is 0 Å². The maximum Gasteiger partial charge on any atom is 0.326 e. The Morgan fingerprint density at radius 2 is 1.94 bits per heavy atom. The zero-order chi connectivity index (χ0) is 25.4. The molecule has 0 aliphatic carbocycles. The minimum Gasteiger partial charge on any atom is -0.480 e. The molecule has 3 rings (SSSR count). The van der Waals surface area contributed by atoms with E-state index in [1.54, 1.807) is 12.1 Å². The van der Waals surface area contributed by atoms with Gasteiger partial charge in [0.2, 0.25) is 11.9 Å². The topological polar surface area (TPSA) is 205 Å². The first-order chi connectivity index (χ1) is 16.8. The molecule has 0 saturated heterocycles. The molecule has 182 valence electrons. The lowest BCUT2D eigenvalue weighted by atomic mass is 10.1. The Kier molecular flexibility index (Phi) is 8.06. The lowest BCUT2D eigenvalue weighted by Gasteiger charge is -2.14. The maximum absolute atomic E-state index is 12.5. The lowest BCUT2D eigenvalue weighted by Crippen LogP contribution is -2.41. The summed E-state index contributed by atoms with van der Waals surface area (Å²) in [6.45, 7) is 4.01. The number of anilines is 2. The summed E-state index contributed by atoms with van der Waals surface area (Å²) in [7, 11) is 0. The fourth-order valence-electron chi connectivity index (χ4n) is 3.04. The van der Waals surface area contributed by atoms with Crippen LogP contribution in [-0.4, -0.2) is 55.4 Å². The molecule has 0 aliphatic rings. The molecule has 13 nitrogen and oxygen atoms in total. The van der Waals surface area contributed by atoms with Crippen LogP contribution in [-0.2, 0) is 16.1 Å². The van der Waals surface area contributed by atoms with Crippen LogP contribution in [0.4, 0.5) is 11.6 Å². The number of carbonyl (C=O) groups is 3. The van der Waals surface area contributed by atoms with Gasteiger partial charge in [0.15, 0.2) is 11.2 Å². The van der Waals surface area contributed by atoms with Crippen molar-refractivity contribution >= 4 is 40.6 Å². The van der Waals surface area contributed by atoms with Gasteiger partial charge in [-0.05, 0) is 30.7 Å². The fourth-order valence-corrected chi connectivity index (χ4v) is 3.04. The summed E-state index contributed by atoms with van der Waals surface area (Å²) in [5.74, 6) is -2.19. The number of nitrogen functional groups attached to an aromatic ring is 1. The molecule has 0 bridgehead atoms. The van der Waals surface area contributed by atoms with Gasteiger partial charge in [0.25, 0.3) is 11.5 Å². The predicted octanol–water partition coefficient (Wildman–Crippen LogP) is 0.173. The smallest absolute Gasteiger partial charge is 0.326 e. The summed E-state index contributed by atoms with van der Waals surface area (Å²) in [6, 6.07) is 5.11. The molecule has 0 aliphatic heterocycles. The Labute approximate surface area is 198 Å². The van der Waals surface area contributed by atoms with Crippen LogP contribution in [0.25, 0.3) is 11.2 Å². The Morgan fingerprint density at radius 1 is 1.20 bits per heavy atom. The molecule has 3 aromatic rings. The highest BCUT2D eigenvalue weighted by atomic mass is 16.4. The number of carboxylic acid groups (broad SMARTS) is 1. The van der Waals surface area contributed by atoms with Gasteiger partial charge in [-0.15, -0.1) is 6.58 Å². The summed E-state index contributed by atoms with van der Waals surface area (Å²) in [4.78, 5) is 62.2. The molecule has 2 heterocycles. The van der Waals surface area contributed by atoms with E-state index in [1.165, 1.54) is 24.4 Å². The zero-order valence-electron chi connectivity index (χ0n) is 18.6. The van der Waals surface area contributed by atoms with E-state index in [-0.39, 0.29) is 54.5 Å². The third-order valence-corrected chi connectivity index (χ3v) is 4.81. The van der Waals surface area contributed by atoms with Gasteiger partial charge < -0.3 is 26.8 Å². The molecule has 1 atom stereocenters. The molecule has 0 saturated carbocycles. The standard InChI is InChI=1S/C22H24N8O5/c1-2-9-24-16(31)8-7-15(21(34)35)28-19(32)12-3-5-13(6-4-12)25-10-14-11-26-18-17(27-14)20(33)30-22(23)29-18/h2-6,11,15,25H,1,7-10H2,(H,24,31)(H,28,32)(H,34,35)(H3,23,26,29,30,33)/t15-/m0/s1. The minimum absolute atomic E-state index is 0.0458. The Bertz CT molecular complexity index is 1310. The van der Waals surface area contributed by atoms with Crippen molar-refractivity contribution < 1.29 is 19.5 Å². The number of nitrogens with one attached hydrogen (secondary N) is 4. The molecule has 0 fully saturated rings. The van der Waals surface area contributed by atoms with Gasteiger partial charge in [0.05, 0.1) is 18.4 Å². The minimum atomic E-state index is -1.23. The molecule has 13 heteroatoms. The van der Waals surface area contributed by atoms with E-state index in [0.717, 1.165) is 0 Å². The summed E-state index contributed by atoms with van der Waals surface area (Å²) < 4.78 is 0. The molecule has 0 radical (unpaired) electrons. The molecule has 0 unspecified atom stereocenters. The normalized spacial score (nSPS) is 11.4. The van der Waals surface area contributed by atoms with Crippen LogP contribution in [0.15, 0.2) is 47.9 Å². The van der Waals surface area contributed by atoms with Crippen LogP contribution in [0.1, 0.15) is 28.9 Å². The van der Waals surface area contributed by atoms with E-state index < -0.39 is 23.5 Å². The second-order valence-electron chi connectivity index (χ2n) is 7.41. The molecule has 35 heavy (non-hydrogen) atoms. The number of amides is 2. The second kappa shape index (κ2) is 11.4. The predicted molar refractivity (Wildman–Crippen MR) is 127 cm³/mol. The third kappa shape index (κ3) is 6.83. The Morgan fingerprint density at radius 3 is 2.63 bits per heavy atom. The number of aromatic nitrogens is 4. The average molecular weight is 480 g/mol. The SMILES string of the molecule is C=CCNC(=O)CC[C@H](NC(=O)c1ccc(NCc2cnc3nc(N)[nH]c(=O)c3n2)cc1)C(=O)O. The molecule has 0 spiro atoms. The van der Waals surface area contributed by atoms with Gasteiger partial charge in [-0.25, -0.2) is 14.8 Å². The van der Waals surface area contributed by atoms with Crippen LogP contribution < -0.4 is 27.2 Å². The molecule has 1 aromatic carbocycles. The van der Waals surface area contributed by atoms with Crippen LogP contribution in [0.5, 0.6) is 0 Å². The van der Waals surface area contributed by atoms with Crippen LogP contribution in [0, 0.1) is 0 Å². The second-order valence-corrected chi connectivity index (χ2v) is 7.41. The van der Waals surface area contributed by atoms with Gasteiger partial charge in [0, 0.05) is 24.2 Å². The zero-order valence-corrected chi connectivity index (χ0v) is 18.6. The Balaban J connectivity index is 1.57. The van der Waals surface area contributed by atoms with Crippen molar-refractivity contribution in [1.82, 2.24) is 30.6 Å². The van der Waals surface area contributed by atoms with Gasteiger partial charge in [-0.2, -0.15) is 4.98 Å². The van der Waals surface area contributed by atoms with E-state index in [9.17, 15) is 24.3 Å². The first-order valence-electron chi connectivity index (χ1n) is 10.5. The first kappa shape index (κ1) is 24.8. The summed E-state index contributed by atoms with van der Waals surface area (Å²) in [6.07, 6.45) is 2.87. The molecule has 7 N–H and O–H groups in total. The number of hydrogen-bond donors (Lipinski definition) is 6. The number of fused-ring (bicyclic) bond motifs is 1. The van der Waals surface area contributed by atoms with E-state index in [4.69, 9.17) is 5.73 Å². The van der Waals surface area contributed by atoms with E-state index in [1.807, 2.05) is 0 Å². The number of benzene rings is 1. The Hall–Kier alpha value is -4.81. The number of rotatable bonds is 11. The third-order valence-electron chi connectivity index (χ3n) is 4.81. The number of carbonyl (C=O) groups excluding carboxylic acids is 2. The van der Waals surface area contributed by atoms with Crippen molar-refractivity contribution in [2.45, 2.75) is 25.4 Å². The maximum atomic E-state index is 12.5. The highest BCUT2D eigenvalue weighted by Gasteiger charge is 2.21. The van der Waals surface area contributed by atoms with Crippen LogP contribution in [0.2, 0.25) is 0 Å². The van der Waals surface area contributed by atoms with Crippen molar-refractivity contribution in [3.8, 4) is 0 Å². The highest BCUT2D eigenvalue weighted by molar-refractivity contribution is 5.97. The fraction of sp³-hybridized carbons (Fsp3) is 0.227. The van der Waals surface area contributed by atoms with Crippen molar-refractivity contribution in [1.29, 1.82) is 0 Å². The van der Waals surface area contributed by atoms with Gasteiger partial charge in [-0.1, -0.05) is 6.08 Å². The van der Waals surface area contributed by atoms with Crippen LogP contribution >= 0.6 is 0 Å². The average Bonchev–Trinajstić information content (AvgIpc) is 2.84. The molecular weight excluding hydrogens is 456 g/mol. The van der Waals surface area contributed by atoms with E-state index >= 15 is 0 Å². The van der Waals surface area contributed by atoms with Gasteiger partial charge in [-0.3, -0.25) is 19.4 Å². The summed E-state index contributed by atoms with van der Waals surface area (Å²) in [5, 5.41) is 17.4. The highest BCUT2D eigenvalue weighted by Crippen LogP contribution is 2.12.